The van der Waals surface area contributed by atoms with Gasteiger partial charge in [-0.1, -0.05) is 30.3 Å². The number of nitrogens with one attached hydrogen (secondary N) is 2. The minimum Gasteiger partial charge on any atom is -0.448 e. The first-order valence-corrected chi connectivity index (χ1v) is 7.59. The number of carbonyl (C=O) groups excluding carboxylic acids is 2. The Kier molecular flexibility index (Phi) is 4.33. The molecule has 3 aromatic rings. The smallest absolute Gasteiger partial charge is 0.355 e. The highest BCUT2D eigenvalue weighted by molar-refractivity contribution is 5.98. The lowest BCUT2D eigenvalue weighted by Crippen LogP contribution is -2.32. The summed E-state index contributed by atoms with van der Waals surface area (Å²) in [5.74, 6) is -0.161. The van der Waals surface area contributed by atoms with E-state index in [2.05, 4.69) is 15.5 Å². The highest BCUT2D eigenvalue weighted by Gasteiger charge is 2.23. The number of aryl methyl sites for hydroxylation is 1. The van der Waals surface area contributed by atoms with E-state index in [9.17, 15) is 9.59 Å². The van der Waals surface area contributed by atoms with Crippen molar-refractivity contribution in [1.29, 1.82) is 0 Å². The maximum absolute atomic E-state index is 12.3. The van der Waals surface area contributed by atoms with Gasteiger partial charge in [-0.3, -0.25) is 4.79 Å². The third-order valence-electron chi connectivity index (χ3n) is 3.54. The van der Waals surface area contributed by atoms with Crippen LogP contribution >= 0.6 is 0 Å². The van der Waals surface area contributed by atoms with Crippen LogP contribution in [0, 0.1) is 6.92 Å². The Hall–Kier alpha value is -3.09. The zero-order valence-electron chi connectivity index (χ0n) is 13.3. The molecular formula is C17H17N3O4. The van der Waals surface area contributed by atoms with Gasteiger partial charge >= 0.3 is 5.97 Å². The maximum atomic E-state index is 12.3. The maximum Gasteiger partial charge on any atom is 0.355 e. The number of nitrogens with zero attached hydrogens (tertiary/aromatic N) is 1. The van der Waals surface area contributed by atoms with E-state index in [1.54, 1.807) is 26.0 Å². The third kappa shape index (κ3) is 3.29. The van der Waals surface area contributed by atoms with Crippen molar-refractivity contribution < 1.29 is 18.8 Å². The Morgan fingerprint density at radius 1 is 1.33 bits per heavy atom. The van der Waals surface area contributed by atoms with Gasteiger partial charge in [-0.25, -0.2) is 4.79 Å². The molecule has 1 atom stereocenters. The molecule has 3 rings (SSSR count). The zero-order chi connectivity index (χ0) is 17.1. The number of esters is 1. The van der Waals surface area contributed by atoms with Gasteiger partial charge < -0.3 is 19.6 Å². The number of para-hydroxylation sites is 1. The van der Waals surface area contributed by atoms with Crippen LogP contribution in [0.2, 0.25) is 0 Å². The molecule has 1 unspecified atom stereocenters. The van der Waals surface area contributed by atoms with Crippen molar-refractivity contribution in [3.8, 4) is 0 Å². The predicted octanol–water partition coefficient (Wildman–Crippen LogP) is 3.04. The van der Waals surface area contributed by atoms with E-state index < -0.39 is 18.0 Å². The van der Waals surface area contributed by atoms with E-state index in [1.807, 2.05) is 24.3 Å². The molecule has 0 aliphatic rings. The lowest BCUT2D eigenvalue weighted by Gasteiger charge is -2.14. The molecule has 7 nitrogen and oxygen atoms in total. The van der Waals surface area contributed by atoms with Gasteiger partial charge in [0, 0.05) is 17.0 Å². The number of hydrogen-bond donors (Lipinski definition) is 2. The first-order chi connectivity index (χ1) is 11.6. The normalized spacial score (nSPS) is 12.1. The Morgan fingerprint density at radius 2 is 2.12 bits per heavy atom. The molecule has 0 saturated carbocycles. The quantitative estimate of drug-likeness (QED) is 0.702. The van der Waals surface area contributed by atoms with Gasteiger partial charge in [0.15, 0.2) is 11.9 Å². The molecule has 0 aliphatic heterocycles. The molecule has 0 spiro atoms. The SMILES string of the molecule is CCC(OC(=O)c1cc2ccccc2[nH]1)C(=O)Nc1cc(C)on1. The third-order valence-corrected chi connectivity index (χ3v) is 3.54. The number of benzene rings is 1. The number of fused-ring (bicyclic) bond motifs is 1. The first-order valence-electron chi connectivity index (χ1n) is 7.59. The molecule has 2 N–H and O–H groups in total. The average Bonchev–Trinajstić information content (AvgIpc) is 3.18. The number of rotatable bonds is 5. The molecule has 0 saturated heterocycles. The summed E-state index contributed by atoms with van der Waals surface area (Å²) in [6.45, 7) is 3.48. The second-order valence-electron chi connectivity index (χ2n) is 5.38. The van der Waals surface area contributed by atoms with Gasteiger partial charge in [-0.2, -0.15) is 0 Å². The number of aromatic nitrogens is 2. The van der Waals surface area contributed by atoms with Gasteiger partial charge in [0.25, 0.3) is 5.91 Å². The number of aromatic amines is 1. The predicted molar refractivity (Wildman–Crippen MR) is 87.7 cm³/mol. The second-order valence-corrected chi connectivity index (χ2v) is 5.38. The lowest BCUT2D eigenvalue weighted by molar-refractivity contribution is -0.124. The average molecular weight is 327 g/mol. The fraction of sp³-hybridized carbons (Fsp3) is 0.235. The van der Waals surface area contributed by atoms with Crippen LogP contribution in [0.5, 0.6) is 0 Å². The summed E-state index contributed by atoms with van der Waals surface area (Å²) in [5.41, 5.74) is 1.14. The monoisotopic (exact) mass is 327 g/mol. The van der Waals surface area contributed by atoms with Gasteiger partial charge in [0.05, 0.1) is 0 Å². The van der Waals surface area contributed by atoms with Crippen LogP contribution in [0.3, 0.4) is 0 Å². The van der Waals surface area contributed by atoms with Crippen molar-refractivity contribution in [3.63, 3.8) is 0 Å². The second kappa shape index (κ2) is 6.57. The summed E-state index contributed by atoms with van der Waals surface area (Å²) >= 11 is 0. The van der Waals surface area contributed by atoms with E-state index in [-0.39, 0.29) is 5.82 Å². The van der Waals surface area contributed by atoms with Crippen LogP contribution in [0.1, 0.15) is 29.6 Å². The van der Waals surface area contributed by atoms with Crippen molar-refractivity contribution in [3.05, 3.63) is 47.9 Å². The Balaban J connectivity index is 1.69. The minimum absolute atomic E-state index is 0.289. The van der Waals surface area contributed by atoms with Gasteiger partial charge in [-0.15, -0.1) is 0 Å². The van der Waals surface area contributed by atoms with Crippen molar-refractivity contribution in [2.45, 2.75) is 26.4 Å². The Morgan fingerprint density at radius 3 is 2.79 bits per heavy atom. The van der Waals surface area contributed by atoms with Gasteiger partial charge in [-0.05, 0) is 25.5 Å². The number of carbonyl (C=O) groups is 2. The van der Waals surface area contributed by atoms with E-state index in [0.717, 1.165) is 10.9 Å². The van der Waals surface area contributed by atoms with Crippen LogP contribution in [0.4, 0.5) is 5.82 Å². The summed E-state index contributed by atoms with van der Waals surface area (Å²) in [7, 11) is 0. The van der Waals surface area contributed by atoms with Gasteiger partial charge in [0.1, 0.15) is 11.5 Å². The molecule has 0 aliphatic carbocycles. The number of anilines is 1. The fourth-order valence-electron chi connectivity index (χ4n) is 2.33. The summed E-state index contributed by atoms with van der Waals surface area (Å²) in [6.07, 6.45) is -0.574. The number of H-pyrrole nitrogens is 1. The molecule has 2 heterocycles. The summed E-state index contributed by atoms with van der Waals surface area (Å²) < 4.78 is 10.2. The molecular weight excluding hydrogens is 310 g/mol. The minimum atomic E-state index is -0.916. The number of ether oxygens (including phenoxy) is 1. The van der Waals surface area contributed by atoms with Crippen LogP contribution in [-0.2, 0) is 9.53 Å². The van der Waals surface area contributed by atoms with Crippen molar-refractivity contribution in [2.24, 2.45) is 0 Å². The van der Waals surface area contributed by atoms with Crippen molar-refractivity contribution in [1.82, 2.24) is 10.1 Å². The molecule has 1 amide bonds. The zero-order valence-corrected chi connectivity index (χ0v) is 13.3. The summed E-state index contributed by atoms with van der Waals surface area (Å²) in [6, 6.07) is 10.8. The summed E-state index contributed by atoms with van der Waals surface area (Å²) in [4.78, 5) is 27.5. The van der Waals surface area contributed by atoms with E-state index in [4.69, 9.17) is 9.26 Å². The van der Waals surface area contributed by atoms with Crippen LogP contribution < -0.4 is 5.32 Å². The molecule has 0 bridgehead atoms. The number of amides is 1. The first kappa shape index (κ1) is 15.8. The van der Waals surface area contributed by atoms with E-state index in [0.29, 0.717) is 17.9 Å². The Bertz CT molecular complexity index is 848. The molecule has 1 aromatic carbocycles. The van der Waals surface area contributed by atoms with Crippen LogP contribution in [0.25, 0.3) is 10.9 Å². The molecule has 2 aromatic heterocycles. The van der Waals surface area contributed by atoms with Crippen LogP contribution in [0.15, 0.2) is 40.9 Å². The van der Waals surface area contributed by atoms with E-state index in [1.165, 1.54) is 0 Å². The highest BCUT2D eigenvalue weighted by atomic mass is 16.5. The van der Waals surface area contributed by atoms with Crippen LogP contribution in [-0.4, -0.2) is 28.1 Å². The molecule has 24 heavy (non-hydrogen) atoms. The van der Waals surface area contributed by atoms with Crippen molar-refractivity contribution in [2.75, 3.05) is 5.32 Å². The fourth-order valence-corrected chi connectivity index (χ4v) is 2.33. The topological polar surface area (TPSA) is 97.2 Å². The molecule has 7 heteroatoms. The Labute approximate surface area is 138 Å². The molecule has 0 radical (unpaired) electrons. The van der Waals surface area contributed by atoms with Gasteiger partial charge in [0.2, 0.25) is 0 Å². The number of hydrogen-bond acceptors (Lipinski definition) is 5. The summed E-state index contributed by atoms with van der Waals surface area (Å²) in [5, 5.41) is 7.15. The van der Waals surface area contributed by atoms with Crippen molar-refractivity contribution >= 4 is 28.6 Å². The molecule has 0 fully saturated rings. The standard InChI is InChI=1S/C17H17N3O4/c1-3-14(16(21)19-15-8-10(2)24-20-15)23-17(22)13-9-11-6-4-5-7-12(11)18-13/h4-9,14,18H,3H2,1-2H3,(H,19,20,21). The molecule has 124 valence electrons. The largest absolute Gasteiger partial charge is 0.448 e. The van der Waals surface area contributed by atoms with E-state index >= 15 is 0 Å². The highest BCUT2D eigenvalue weighted by Crippen LogP contribution is 2.16. The lowest BCUT2D eigenvalue weighted by atomic mass is 10.2.